The van der Waals surface area contributed by atoms with Crippen molar-refractivity contribution in [1.29, 1.82) is 0 Å². The molecule has 0 aliphatic carbocycles. The van der Waals surface area contributed by atoms with Crippen LogP contribution in [0.3, 0.4) is 0 Å². The molecule has 2 aromatic carbocycles. The predicted molar refractivity (Wildman–Crippen MR) is 77.9 cm³/mol. The van der Waals surface area contributed by atoms with E-state index in [1.807, 2.05) is 37.3 Å². The Morgan fingerprint density at radius 1 is 0.810 bits per heavy atom. The van der Waals surface area contributed by atoms with E-state index in [1.54, 1.807) is 13.0 Å². The van der Waals surface area contributed by atoms with Gasteiger partial charge in [-0.05, 0) is 31.0 Å². The molecule has 0 fully saturated rings. The van der Waals surface area contributed by atoms with Crippen LogP contribution in [-0.2, 0) is 6.18 Å². The summed E-state index contributed by atoms with van der Waals surface area (Å²) in [6.45, 7) is 3.70. The van der Waals surface area contributed by atoms with Crippen LogP contribution in [0.4, 0.5) is 13.2 Å². The summed E-state index contributed by atoms with van der Waals surface area (Å²) in [7, 11) is 0. The third-order valence-corrected chi connectivity index (χ3v) is 3.53. The highest BCUT2D eigenvalue weighted by molar-refractivity contribution is 5.32. The first-order valence-electron chi connectivity index (χ1n) is 6.86. The average molecular weight is 293 g/mol. The Morgan fingerprint density at radius 3 is 2.00 bits per heavy atom. The van der Waals surface area contributed by atoms with Crippen molar-refractivity contribution in [2.24, 2.45) is 0 Å². The first kappa shape index (κ1) is 15.6. The number of hydrogen-bond acceptors (Lipinski definition) is 1. The molecular formula is C17H18F3N. The smallest absolute Gasteiger partial charge is 0.304 e. The third kappa shape index (κ3) is 3.85. The zero-order valence-electron chi connectivity index (χ0n) is 12.0. The van der Waals surface area contributed by atoms with Crippen LogP contribution in [0, 0.1) is 0 Å². The maximum absolute atomic E-state index is 13.0. The van der Waals surface area contributed by atoms with Crippen LogP contribution < -0.4 is 5.32 Å². The van der Waals surface area contributed by atoms with Gasteiger partial charge in [-0.15, -0.1) is 0 Å². The molecule has 0 radical (unpaired) electrons. The number of alkyl halides is 3. The zero-order chi connectivity index (χ0) is 15.5. The van der Waals surface area contributed by atoms with E-state index >= 15 is 0 Å². The summed E-state index contributed by atoms with van der Waals surface area (Å²) in [6.07, 6.45) is -4.33. The standard InChI is InChI=1S/C17H18F3N/c1-12(14-8-4-3-5-9-14)21-13(2)15-10-6-7-11-16(15)17(18,19)20/h3-13,21H,1-2H3/t12-,13+/m1/s1. The molecule has 0 saturated heterocycles. The molecule has 0 aromatic heterocycles. The highest BCUT2D eigenvalue weighted by atomic mass is 19.4. The summed E-state index contributed by atoms with van der Waals surface area (Å²) in [5.74, 6) is 0. The van der Waals surface area contributed by atoms with Gasteiger partial charge in [0.2, 0.25) is 0 Å². The van der Waals surface area contributed by atoms with E-state index in [-0.39, 0.29) is 11.6 Å². The molecule has 0 heterocycles. The lowest BCUT2D eigenvalue weighted by atomic mass is 9.99. The van der Waals surface area contributed by atoms with Crippen LogP contribution in [0.25, 0.3) is 0 Å². The van der Waals surface area contributed by atoms with Crippen molar-refractivity contribution in [2.75, 3.05) is 0 Å². The van der Waals surface area contributed by atoms with Gasteiger partial charge in [0.15, 0.2) is 0 Å². The van der Waals surface area contributed by atoms with Crippen LogP contribution >= 0.6 is 0 Å². The summed E-state index contributed by atoms with van der Waals surface area (Å²) in [5, 5.41) is 3.22. The van der Waals surface area contributed by atoms with Crippen molar-refractivity contribution in [3.05, 3.63) is 71.3 Å². The molecule has 0 aliphatic heterocycles. The van der Waals surface area contributed by atoms with E-state index < -0.39 is 17.8 Å². The molecule has 0 bridgehead atoms. The van der Waals surface area contributed by atoms with Crippen molar-refractivity contribution >= 4 is 0 Å². The topological polar surface area (TPSA) is 12.0 Å². The molecule has 112 valence electrons. The normalized spacial score (nSPS) is 14.7. The van der Waals surface area contributed by atoms with E-state index in [9.17, 15) is 13.2 Å². The molecule has 1 N–H and O–H groups in total. The van der Waals surface area contributed by atoms with Crippen molar-refractivity contribution in [1.82, 2.24) is 5.32 Å². The first-order chi connectivity index (χ1) is 9.89. The highest BCUT2D eigenvalue weighted by Crippen LogP contribution is 2.35. The lowest BCUT2D eigenvalue weighted by Crippen LogP contribution is -2.24. The quantitative estimate of drug-likeness (QED) is 0.825. The molecule has 4 heteroatoms. The lowest BCUT2D eigenvalue weighted by molar-refractivity contribution is -0.138. The first-order valence-corrected chi connectivity index (χ1v) is 6.86. The van der Waals surface area contributed by atoms with Gasteiger partial charge in [0.05, 0.1) is 5.56 Å². The zero-order valence-corrected chi connectivity index (χ0v) is 12.0. The molecule has 0 spiro atoms. The van der Waals surface area contributed by atoms with Gasteiger partial charge >= 0.3 is 6.18 Å². The molecule has 0 unspecified atom stereocenters. The Labute approximate surface area is 122 Å². The van der Waals surface area contributed by atoms with Crippen molar-refractivity contribution in [3.63, 3.8) is 0 Å². The Bertz CT molecular complexity index is 578. The molecule has 1 nitrogen and oxygen atoms in total. The van der Waals surface area contributed by atoms with Crippen molar-refractivity contribution in [3.8, 4) is 0 Å². The second-order valence-electron chi connectivity index (χ2n) is 5.11. The third-order valence-electron chi connectivity index (χ3n) is 3.53. The monoisotopic (exact) mass is 293 g/mol. The fraction of sp³-hybridized carbons (Fsp3) is 0.294. The molecule has 0 amide bonds. The van der Waals surface area contributed by atoms with E-state index in [0.717, 1.165) is 11.6 Å². The predicted octanol–water partition coefficient (Wildman–Crippen LogP) is 5.12. The van der Waals surface area contributed by atoms with Crippen molar-refractivity contribution in [2.45, 2.75) is 32.1 Å². The van der Waals surface area contributed by atoms with Gasteiger partial charge in [-0.2, -0.15) is 13.2 Å². The van der Waals surface area contributed by atoms with E-state index in [4.69, 9.17) is 0 Å². The highest BCUT2D eigenvalue weighted by Gasteiger charge is 2.34. The molecule has 0 saturated carbocycles. The van der Waals surface area contributed by atoms with Crippen LogP contribution in [0.1, 0.15) is 42.6 Å². The summed E-state index contributed by atoms with van der Waals surface area (Å²) in [6, 6.07) is 15.0. The number of hydrogen-bond donors (Lipinski definition) is 1. The minimum atomic E-state index is -4.33. The Hall–Kier alpha value is -1.81. The van der Waals surface area contributed by atoms with Crippen LogP contribution in [-0.4, -0.2) is 0 Å². The van der Waals surface area contributed by atoms with E-state index in [0.29, 0.717) is 0 Å². The summed E-state index contributed by atoms with van der Waals surface area (Å²) < 4.78 is 39.1. The van der Waals surface area contributed by atoms with Gasteiger partial charge < -0.3 is 5.32 Å². The largest absolute Gasteiger partial charge is 0.416 e. The fourth-order valence-corrected chi connectivity index (χ4v) is 2.44. The molecular weight excluding hydrogens is 275 g/mol. The van der Waals surface area contributed by atoms with Gasteiger partial charge in [-0.25, -0.2) is 0 Å². The van der Waals surface area contributed by atoms with E-state index in [1.165, 1.54) is 12.1 Å². The maximum Gasteiger partial charge on any atom is 0.416 e. The maximum atomic E-state index is 13.0. The Morgan fingerprint density at radius 2 is 1.38 bits per heavy atom. The minimum Gasteiger partial charge on any atom is -0.304 e. The molecule has 0 aliphatic rings. The summed E-state index contributed by atoms with van der Waals surface area (Å²) in [5.41, 5.74) is 0.742. The summed E-state index contributed by atoms with van der Waals surface area (Å²) >= 11 is 0. The molecule has 2 rings (SSSR count). The van der Waals surface area contributed by atoms with Gasteiger partial charge in [-0.3, -0.25) is 0 Å². The fourth-order valence-electron chi connectivity index (χ4n) is 2.44. The second-order valence-corrected chi connectivity index (χ2v) is 5.11. The van der Waals surface area contributed by atoms with Gasteiger partial charge in [-0.1, -0.05) is 48.5 Å². The number of rotatable bonds is 4. The van der Waals surface area contributed by atoms with Crippen LogP contribution in [0.2, 0.25) is 0 Å². The van der Waals surface area contributed by atoms with Gasteiger partial charge in [0.1, 0.15) is 0 Å². The number of benzene rings is 2. The molecule has 2 aromatic rings. The van der Waals surface area contributed by atoms with Gasteiger partial charge in [0, 0.05) is 12.1 Å². The SMILES string of the molecule is C[C@H](N[C@H](C)c1ccccc1)c1ccccc1C(F)(F)F. The Kier molecular flexibility index (Phi) is 4.68. The second kappa shape index (κ2) is 6.31. The minimum absolute atomic E-state index is 0.0255. The molecule has 2 atom stereocenters. The van der Waals surface area contributed by atoms with E-state index in [2.05, 4.69) is 5.32 Å². The van der Waals surface area contributed by atoms with Crippen molar-refractivity contribution < 1.29 is 13.2 Å². The molecule has 21 heavy (non-hydrogen) atoms. The average Bonchev–Trinajstić information content (AvgIpc) is 2.47. The Balaban J connectivity index is 2.20. The summed E-state index contributed by atoms with van der Waals surface area (Å²) in [4.78, 5) is 0. The van der Waals surface area contributed by atoms with Crippen LogP contribution in [0.5, 0.6) is 0 Å². The number of halogens is 3. The lowest BCUT2D eigenvalue weighted by Gasteiger charge is -2.23. The van der Waals surface area contributed by atoms with Crippen LogP contribution in [0.15, 0.2) is 54.6 Å². The number of nitrogens with one attached hydrogen (secondary N) is 1. The van der Waals surface area contributed by atoms with Gasteiger partial charge in [0.25, 0.3) is 0 Å².